The minimum absolute atomic E-state index is 0.192. The van der Waals surface area contributed by atoms with Gasteiger partial charge in [0.05, 0.1) is 17.0 Å². The van der Waals surface area contributed by atoms with Crippen LogP contribution in [0.1, 0.15) is 27.8 Å². The van der Waals surface area contributed by atoms with Gasteiger partial charge in [-0.15, -0.1) is 22.7 Å². The third-order valence-electron chi connectivity index (χ3n) is 6.08. The quantitative estimate of drug-likeness (QED) is 0.633. The Morgan fingerprint density at radius 2 is 1.96 bits per heavy atom. The Kier molecular flexibility index (Phi) is 4.78. The van der Waals surface area contributed by atoms with Gasteiger partial charge < -0.3 is 4.90 Å². The van der Waals surface area contributed by atoms with Crippen molar-refractivity contribution in [2.24, 2.45) is 5.41 Å². The molecule has 0 bridgehead atoms. The summed E-state index contributed by atoms with van der Waals surface area (Å²) < 4.78 is 0. The Hall–Kier alpha value is -2.02. The van der Waals surface area contributed by atoms with Gasteiger partial charge in [-0.2, -0.15) is 0 Å². The van der Waals surface area contributed by atoms with Gasteiger partial charge in [-0.05, 0) is 23.4 Å². The van der Waals surface area contributed by atoms with E-state index in [1.807, 2.05) is 11.6 Å². The Balaban J connectivity index is 1.41. The first-order chi connectivity index (χ1) is 13.7. The molecule has 2 fully saturated rings. The molecule has 144 valence electrons. The summed E-state index contributed by atoms with van der Waals surface area (Å²) in [5.74, 6) is 0.508. The zero-order valence-corrected chi connectivity index (χ0v) is 17.3. The first kappa shape index (κ1) is 18.0. The van der Waals surface area contributed by atoms with Crippen LogP contribution in [0.5, 0.6) is 0 Å². The fourth-order valence-corrected chi connectivity index (χ4v) is 6.33. The molecule has 2 atom stereocenters. The van der Waals surface area contributed by atoms with Gasteiger partial charge in [0, 0.05) is 48.6 Å². The summed E-state index contributed by atoms with van der Waals surface area (Å²) in [6.45, 7) is 4.20. The Morgan fingerprint density at radius 1 is 1.07 bits per heavy atom. The van der Waals surface area contributed by atoms with Crippen LogP contribution in [0.3, 0.4) is 0 Å². The molecule has 1 amide bonds. The van der Waals surface area contributed by atoms with Gasteiger partial charge in [0.2, 0.25) is 5.91 Å². The minimum Gasteiger partial charge on any atom is -0.337 e. The molecule has 0 aliphatic carbocycles. The number of rotatable bonds is 5. The van der Waals surface area contributed by atoms with Gasteiger partial charge in [0.1, 0.15) is 0 Å². The lowest BCUT2D eigenvalue weighted by molar-refractivity contribution is -0.136. The fraction of sp³-hybridized carbons (Fsp3) is 0.364. The van der Waals surface area contributed by atoms with Crippen molar-refractivity contribution in [1.82, 2.24) is 14.8 Å². The molecule has 4 nitrogen and oxygen atoms in total. The molecule has 2 aliphatic heterocycles. The number of carbonyl (C=O) groups is 1. The molecule has 0 N–H and O–H groups in total. The second-order valence-corrected chi connectivity index (χ2v) is 9.75. The van der Waals surface area contributed by atoms with Gasteiger partial charge in [-0.1, -0.05) is 36.4 Å². The molecule has 6 heteroatoms. The van der Waals surface area contributed by atoms with Crippen molar-refractivity contribution < 1.29 is 4.79 Å². The highest BCUT2D eigenvalue weighted by Gasteiger charge is 2.57. The highest BCUT2D eigenvalue weighted by atomic mass is 32.1. The van der Waals surface area contributed by atoms with E-state index in [1.165, 1.54) is 10.4 Å². The number of nitrogens with zero attached hydrogens (tertiary/aromatic N) is 3. The third-order valence-corrected chi connectivity index (χ3v) is 7.83. The average Bonchev–Trinajstić information content (AvgIpc) is 3.49. The summed E-state index contributed by atoms with van der Waals surface area (Å²) in [4.78, 5) is 24.0. The summed E-state index contributed by atoms with van der Waals surface area (Å²) >= 11 is 3.42. The van der Waals surface area contributed by atoms with Crippen LogP contribution in [0.15, 0.2) is 59.4 Å². The van der Waals surface area contributed by atoms with Crippen LogP contribution >= 0.6 is 22.7 Å². The number of likely N-dealkylation sites (tertiary alicyclic amines) is 2. The van der Waals surface area contributed by atoms with E-state index in [4.69, 9.17) is 0 Å². The Labute approximate surface area is 173 Å². The fourth-order valence-electron chi connectivity index (χ4n) is 4.76. The lowest BCUT2D eigenvalue weighted by Gasteiger charge is -2.27. The van der Waals surface area contributed by atoms with Crippen LogP contribution < -0.4 is 0 Å². The van der Waals surface area contributed by atoms with E-state index in [1.54, 1.807) is 22.7 Å². The van der Waals surface area contributed by atoms with Crippen molar-refractivity contribution in [3.05, 3.63) is 74.9 Å². The maximum Gasteiger partial charge on any atom is 0.231 e. The molecule has 2 saturated heterocycles. The van der Waals surface area contributed by atoms with E-state index in [0.29, 0.717) is 5.91 Å². The van der Waals surface area contributed by atoms with Gasteiger partial charge in [0.25, 0.3) is 0 Å². The zero-order chi connectivity index (χ0) is 19.0. The largest absolute Gasteiger partial charge is 0.337 e. The lowest BCUT2D eigenvalue weighted by Crippen LogP contribution is -2.39. The van der Waals surface area contributed by atoms with E-state index in [0.717, 1.165) is 44.2 Å². The SMILES string of the molecule is O=C1N(Cc2cccs2)CC[C@@]12CN(Cc1ccccc1)C[C@H]2c1nccs1. The first-order valence-electron chi connectivity index (χ1n) is 9.72. The van der Waals surface area contributed by atoms with E-state index in [2.05, 4.69) is 62.6 Å². The van der Waals surface area contributed by atoms with Crippen molar-refractivity contribution >= 4 is 28.6 Å². The predicted molar refractivity (Wildman–Crippen MR) is 113 cm³/mol. The molecular formula is C22H23N3OS2. The maximum absolute atomic E-state index is 13.6. The Morgan fingerprint density at radius 3 is 2.71 bits per heavy atom. The van der Waals surface area contributed by atoms with Crippen LogP contribution in [0.25, 0.3) is 0 Å². The predicted octanol–water partition coefficient (Wildman–Crippen LogP) is 4.22. The number of thiazole rings is 1. The van der Waals surface area contributed by atoms with Crippen LogP contribution in [-0.4, -0.2) is 40.3 Å². The normalized spacial score (nSPS) is 25.2. The highest BCUT2D eigenvalue weighted by molar-refractivity contribution is 7.10. The molecule has 2 aliphatic rings. The highest BCUT2D eigenvalue weighted by Crippen LogP contribution is 2.50. The first-order valence-corrected chi connectivity index (χ1v) is 11.5. The molecule has 1 spiro atoms. The number of hydrogen-bond donors (Lipinski definition) is 0. The van der Waals surface area contributed by atoms with Crippen molar-refractivity contribution in [2.45, 2.75) is 25.4 Å². The molecule has 4 heterocycles. The molecular weight excluding hydrogens is 386 g/mol. The molecule has 0 unspecified atom stereocenters. The summed E-state index contributed by atoms with van der Waals surface area (Å²) in [6.07, 6.45) is 2.79. The van der Waals surface area contributed by atoms with E-state index < -0.39 is 0 Å². The Bertz CT molecular complexity index is 926. The van der Waals surface area contributed by atoms with Crippen molar-refractivity contribution in [2.75, 3.05) is 19.6 Å². The standard InChI is InChI=1S/C22H23N3OS2/c26-21-22(8-10-25(21)14-18-7-4-11-27-18)16-24(13-17-5-2-1-3-6-17)15-19(22)20-23-9-12-28-20/h1-7,9,11-12,19H,8,10,13-16H2/t19-,22-/m0/s1. The lowest BCUT2D eigenvalue weighted by atomic mass is 9.77. The molecule has 0 saturated carbocycles. The molecule has 3 aromatic rings. The second kappa shape index (κ2) is 7.43. The van der Waals surface area contributed by atoms with Crippen LogP contribution in [0.4, 0.5) is 0 Å². The number of amides is 1. The monoisotopic (exact) mass is 409 g/mol. The third kappa shape index (κ3) is 3.19. The number of aromatic nitrogens is 1. The summed E-state index contributed by atoms with van der Waals surface area (Å²) in [6, 6.07) is 14.7. The number of carbonyl (C=O) groups excluding carboxylic acids is 1. The molecule has 5 rings (SSSR count). The summed E-state index contributed by atoms with van der Waals surface area (Å²) in [5, 5.41) is 5.23. The van der Waals surface area contributed by atoms with Crippen LogP contribution in [0, 0.1) is 5.41 Å². The van der Waals surface area contributed by atoms with Crippen molar-refractivity contribution in [1.29, 1.82) is 0 Å². The topological polar surface area (TPSA) is 36.4 Å². The van der Waals surface area contributed by atoms with Gasteiger partial charge in [-0.3, -0.25) is 9.69 Å². The second-order valence-electron chi connectivity index (χ2n) is 7.79. The van der Waals surface area contributed by atoms with Crippen molar-refractivity contribution in [3.8, 4) is 0 Å². The minimum atomic E-state index is -0.329. The van der Waals surface area contributed by atoms with Crippen molar-refractivity contribution in [3.63, 3.8) is 0 Å². The van der Waals surface area contributed by atoms with E-state index in [9.17, 15) is 4.79 Å². The molecule has 28 heavy (non-hydrogen) atoms. The summed E-state index contributed by atoms with van der Waals surface area (Å²) in [7, 11) is 0. The molecule has 0 radical (unpaired) electrons. The van der Waals surface area contributed by atoms with Gasteiger partial charge >= 0.3 is 0 Å². The number of thiophene rings is 1. The zero-order valence-electron chi connectivity index (χ0n) is 15.7. The van der Waals surface area contributed by atoms with Crippen LogP contribution in [-0.2, 0) is 17.9 Å². The summed E-state index contributed by atoms with van der Waals surface area (Å²) in [5.41, 5.74) is 0.975. The molecule has 1 aromatic carbocycles. The van der Waals surface area contributed by atoms with E-state index >= 15 is 0 Å². The van der Waals surface area contributed by atoms with Gasteiger partial charge in [0.15, 0.2) is 0 Å². The smallest absolute Gasteiger partial charge is 0.231 e. The van der Waals surface area contributed by atoms with E-state index in [-0.39, 0.29) is 11.3 Å². The molecule has 2 aromatic heterocycles. The van der Waals surface area contributed by atoms with Crippen LogP contribution in [0.2, 0.25) is 0 Å². The number of hydrogen-bond acceptors (Lipinski definition) is 5. The average molecular weight is 410 g/mol. The van der Waals surface area contributed by atoms with Gasteiger partial charge in [-0.25, -0.2) is 4.98 Å². The number of benzene rings is 1. The maximum atomic E-state index is 13.6.